The molecule has 2 saturated carbocycles. The van der Waals surface area contributed by atoms with Crippen LogP contribution in [0.25, 0.3) is 10.8 Å². The van der Waals surface area contributed by atoms with Gasteiger partial charge in [-0.15, -0.1) is 0 Å². The highest BCUT2D eigenvalue weighted by Crippen LogP contribution is 2.48. The maximum Gasteiger partial charge on any atom is 0.270 e. The van der Waals surface area contributed by atoms with E-state index in [0.29, 0.717) is 24.5 Å². The molecule has 7 atom stereocenters. The Bertz CT molecular complexity index is 1720. The minimum Gasteiger partial charge on any atom is -0.497 e. The number of nitrogens with one attached hydrogen (secondary N) is 2. The molecule has 1 aromatic heterocycles. The second-order valence-corrected chi connectivity index (χ2v) is 15.6. The van der Waals surface area contributed by atoms with Crippen LogP contribution in [-0.4, -0.2) is 78.4 Å². The quantitative estimate of drug-likeness (QED) is 0.391. The van der Waals surface area contributed by atoms with Gasteiger partial charge in [0, 0.05) is 36.8 Å². The summed E-state index contributed by atoms with van der Waals surface area (Å²) >= 11 is 0. The van der Waals surface area contributed by atoms with Crippen LogP contribution >= 0.6 is 0 Å². The Morgan fingerprint density at radius 2 is 1.96 bits per heavy atom. The highest BCUT2D eigenvalue weighted by Gasteiger charge is 2.64. The van der Waals surface area contributed by atoms with Crippen molar-refractivity contribution in [2.45, 2.75) is 87.5 Å². The van der Waals surface area contributed by atoms with E-state index in [9.17, 15) is 27.2 Å². The Morgan fingerprint density at radius 1 is 1.19 bits per heavy atom. The number of allylic oxidation sites excluding steroid dienone is 1. The van der Waals surface area contributed by atoms with Gasteiger partial charge in [0.1, 0.15) is 23.4 Å². The molecule has 47 heavy (non-hydrogen) atoms. The number of sulfonamides is 1. The van der Waals surface area contributed by atoms with Gasteiger partial charge in [0.25, 0.3) is 15.9 Å². The fraction of sp³-hybridized carbons (Fsp3) is 0.576. The number of methoxy groups -OCH3 is 1. The van der Waals surface area contributed by atoms with Gasteiger partial charge in [0.05, 0.1) is 19.7 Å². The molecule has 12 nitrogen and oxygen atoms in total. The molecule has 14 heteroatoms. The second kappa shape index (κ2) is 12.3. The Balaban J connectivity index is 1.30. The Labute approximate surface area is 273 Å². The monoisotopic (exact) mass is 671 g/mol. The number of fused-ring (bicyclic) bond motifs is 3. The van der Waals surface area contributed by atoms with Crippen molar-refractivity contribution in [1.29, 1.82) is 0 Å². The number of nitrogens with two attached hydrogens (primary N) is 1. The number of alkyl halides is 1. The molecule has 1 saturated heterocycles. The van der Waals surface area contributed by atoms with E-state index in [2.05, 4.69) is 17.2 Å². The zero-order valence-electron chi connectivity index (χ0n) is 26.8. The van der Waals surface area contributed by atoms with Gasteiger partial charge in [0.2, 0.25) is 22.7 Å². The highest BCUT2D eigenvalue weighted by atomic mass is 32.2. The molecule has 0 spiro atoms. The van der Waals surface area contributed by atoms with Gasteiger partial charge in [-0.2, -0.15) is 0 Å². The number of halogens is 1. The fourth-order valence-corrected chi connectivity index (χ4v) is 8.06. The minimum absolute atomic E-state index is 0.0440. The summed E-state index contributed by atoms with van der Waals surface area (Å²) in [6.45, 7) is 4.06. The summed E-state index contributed by atoms with van der Waals surface area (Å²) in [6, 6.07) is 5.33. The van der Waals surface area contributed by atoms with Crippen LogP contribution in [0, 0.1) is 17.8 Å². The average molecular weight is 672 g/mol. The molecule has 254 valence electrons. The number of carbonyl (C=O) groups is 3. The number of aromatic nitrogens is 1. The summed E-state index contributed by atoms with van der Waals surface area (Å²) < 4.78 is 53.4. The van der Waals surface area contributed by atoms with Crippen molar-refractivity contribution in [2.75, 3.05) is 13.7 Å². The predicted octanol–water partition coefficient (Wildman–Crippen LogP) is 2.71. The highest BCUT2D eigenvalue weighted by molar-refractivity contribution is 7.91. The number of hydrogen-bond acceptors (Lipinski definition) is 9. The molecule has 3 fully saturated rings. The fourth-order valence-electron chi connectivity index (χ4n) is 6.81. The lowest BCUT2D eigenvalue weighted by Crippen LogP contribution is -2.58. The van der Waals surface area contributed by atoms with Gasteiger partial charge in [-0.05, 0) is 67.2 Å². The Kier molecular flexibility index (Phi) is 8.70. The van der Waals surface area contributed by atoms with Crippen LogP contribution in [0.1, 0.15) is 58.8 Å². The number of carbonyl (C=O) groups excluding carboxylic acids is 3. The number of benzene rings is 1. The van der Waals surface area contributed by atoms with Crippen LogP contribution in [0.15, 0.2) is 42.6 Å². The van der Waals surface area contributed by atoms with E-state index < -0.39 is 62.4 Å². The summed E-state index contributed by atoms with van der Waals surface area (Å²) in [4.78, 5) is 47.3. The van der Waals surface area contributed by atoms with Crippen LogP contribution in [0.3, 0.4) is 0 Å². The summed E-state index contributed by atoms with van der Waals surface area (Å²) in [5.41, 5.74) is 4.91. The third-order valence-corrected chi connectivity index (χ3v) is 11.9. The molecule has 6 rings (SSSR count). The van der Waals surface area contributed by atoms with Crippen molar-refractivity contribution in [2.24, 2.45) is 23.5 Å². The number of ether oxygens (including phenoxy) is 2. The summed E-state index contributed by atoms with van der Waals surface area (Å²) in [5, 5.41) is 1.83. The summed E-state index contributed by atoms with van der Waals surface area (Å²) in [6.07, 6.45) is 6.69. The largest absolute Gasteiger partial charge is 0.497 e. The lowest BCUT2D eigenvalue weighted by atomic mass is 9.88. The number of amides is 3. The number of pyridine rings is 1. The van der Waals surface area contributed by atoms with E-state index in [1.54, 1.807) is 25.4 Å². The first-order valence-corrected chi connectivity index (χ1v) is 17.6. The molecule has 2 aromatic rings. The zero-order chi connectivity index (χ0) is 33.7. The zero-order valence-corrected chi connectivity index (χ0v) is 27.6. The molecule has 0 unspecified atom stereocenters. The van der Waals surface area contributed by atoms with Crippen LogP contribution in [0.4, 0.5) is 4.39 Å². The normalized spacial score (nSPS) is 33.0. The topological polar surface area (TPSA) is 170 Å². The first-order valence-electron chi connectivity index (χ1n) is 16.2. The van der Waals surface area contributed by atoms with Gasteiger partial charge in [-0.25, -0.2) is 22.5 Å². The van der Waals surface area contributed by atoms with Crippen molar-refractivity contribution in [3.05, 3.63) is 42.6 Å². The molecule has 3 heterocycles. The van der Waals surface area contributed by atoms with Gasteiger partial charge in [-0.3, -0.25) is 14.4 Å². The molecule has 1 aromatic carbocycles. The van der Waals surface area contributed by atoms with Crippen molar-refractivity contribution in [3.63, 3.8) is 0 Å². The smallest absolute Gasteiger partial charge is 0.270 e. The van der Waals surface area contributed by atoms with Crippen molar-refractivity contribution >= 4 is 38.5 Å². The van der Waals surface area contributed by atoms with E-state index in [0.717, 1.165) is 17.2 Å². The SMILES string of the molecule is COc1ccc2c(O[C@@H]3C[C@H]4C(=O)N[C@]5(C(=O)NS(=O)(=O)C6(F)CC6)C[C@H]5/C=C\CC[C@@H](C)C[C@@H](C)[C@H](N)C(=O)N4C3)nccc2c1. The Morgan fingerprint density at radius 3 is 2.68 bits per heavy atom. The molecule has 3 amide bonds. The van der Waals surface area contributed by atoms with Crippen LogP contribution in [0.5, 0.6) is 11.6 Å². The first-order chi connectivity index (χ1) is 22.3. The molecule has 2 aliphatic heterocycles. The Hall–Kier alpha value is -3.78. The van der Waals surface area contributed by atoms with E-state index in [1.165, 1.54) is 4.90 Å². The molecule has 0 radical (unpaired) electrons. The maximum absolute atomic E-state index is 14.6. The summed E-state index contributed by atoms with van der Waals surface area (Å²) in [5.74, 6) is -1.49. The number of nitrogens with zero attached hydrogens (tertiary/aromatic N) is 2. The first kappa shape index (κ1) is 33.1. The van der Waals surface area contributed by atoms with E-state index in [-0.39, 0.29) is 44.1 Å². The van der Waals surface area contributed by atoms with Crippen molar-refractivity contribution in [1.82, 2.24) is 19.9 Å². The second-order valence-electron chi connectivity index (χ2n) is 13.6. The predicted molar refractivity (Wildman–Crippen MR) is 171 cm³/mol. The van der Waals surface area contributed by atoms with Crippen molar-refractivity contribution in [3.8, 4) is 11.6 Å². The van der Waals surface area contributed by atoms with Crippen LogP contribution in [-0.2, 0) is 24.4 Å². The van der Waals surface area contributed by atoms with Gasteiger partial charge in [0.15, 0.2) is 0 Å². The molecule has 4 N–H and O–H groups in total. The maximum atomic E-state index is 14.6. The lowest BCUT2D eigenvalue weighted by Gasteiger charge is -2.30. The summed E-state index contributed by atoms with van der Waals surface area (Å²) in [7, 11) is -3.03. The third kappa shape index (κ3) is 6.41. The number of hydrogen-bond donors (Lipinski definition) is 3. The number of rotatable bonds is 6. The standard InChI is InChI=1S/C33H42FN5O7S/c1-19-6-4-5-7-22-17-33(22,31(42)38-47(43,44)32(34)11-12-32)37-28(40)26-16-24(18-39(26)30(41)27(35)20(2)14-19)46-29-25-9-8-23(45-3)15-21(25)10-13-36-29/h5,7-10,13,15,19-20,22,24,26-27H,4,6,11-12,14,16-18,35H2,1-3H3,(H,37,40)(H,38,42)/b7-5-/t19-,20-,22-,24-,26+,27+,33-/m1/s1. The third-order valence-electron chi connectivity index (χ3n) is 10.0. The minimum atomic E-state index is -4.60. The lowest BCUT2D eigenvalue weighted by molar-refractivity contribution is -0.141. The molecular formula is C33H42FN5O7S. The van der Waals surface area contributed by atoms with Gasteiger partial charge < -0.3 is 25.4 Å². The van der Waals surface area contributed by atoms with Gasteiger partial charge in [-0.1, -0.05) is 26.0 Å². The van der Waals surface area contributed by atoms with E-state index >= 15 is 0 Å². The molecule has 4 aliphatic rings. The van der Waals surface area contributed by atoms with E-state index in [4.69, 9.17) is 15.2 Å². The van der Waals surface area contributed by atoms with Gasteiger partial charge >= 0.3 is 0 Å². The van der Waals surface area contributed by atoms with E-state index in [1.807, 2.05) is 35.9 Å². The van der Waals surface area contributed by atoms with Crippen molar-refractivity contribution < 1.29 is 36.7 Å². The van der Waals surface area contributed by atoms with Crippen LogP contribution < -0.4 is 25.2 Å². The average Bonchev–Trinajstić information content (AvgIpc) is 3.92. The van der Waals surface area contributed by atoms with Crippen LogP contribution in [0.2, 0.25) is 0 Å². The molecule has 0 bridgehead atoms. The molecule has 2 aliphatic carbocycles. The molecular weight excluding hydrogens is 629 g/mol.